The predicted molar refractivity (Wildman–Crippen MR) is 76.6 cm³/mol. The Balaban J connectivity index is 1.88. The van der Waals surface area contributed by atoms with E-state index in [0.29, 0.717) is 12.8 Å². The standard InChI is InChI=1S/C12H17BrN2O2S/c13-9-1-2-10(18-9)15-11(17)8-3-5-12(14,7-16)6-4-8/h1-2,8,16H,3-7,14H2,(H,15,17). The summed E-state index contributed by atoms with van der Waals surface area (Å²) in [7, 11) is 0. The van der Waals surface area contributed by atoms with Crippen molar-refractivity contribution in [3.05, 3.63) is 15.9 Å². The maximum atomic E-state index is 12.1. The summed E-state index contributed by atoms with van der Waals surface area (Å²) in [6, 6.07) is 3.80. The van der Waals surface area contributed by atoms with Gasteiger partial charge in [-0.05, 0) is 53.7 Å². The molecule has 0 unspecified atom stereocenters. The van der Waals surface area contributed by atoms with Gasteiger partial charge < -0.3 is 16.2 Å². The zero-order chi connectivity index (χ0) is 13.2. The second-order valence-electron chi connectivity index (χ2n) is 4.89. The average Bonchev–Trinajstić information content (AvgIpc) is 2.75. The lowest BCUT2D eigenvalue weighted by molar-refractivity contribution is -0.121. The maximum Gasteiger partial charge on any atom is 0.228 e. The largest absolute Gasteiger partial charge is 0.394 e. The molecule has 4 N–H and O–H groups in total. The molecule has 0 aromatic carbocycles. The molecule has 0 radical (unpaired) electrons. The van der Waals surface area contributed by atoms with Gasteiger partial charge in [0.2, 0.25) is 5.91 Å². The number of aliphatic hydroxyl groups is 1. The molecule has 2 rings (SSSR count). The molecule has 1 aromatic heterocycles. The van der Waals surface area contributed by atoms with E-state index in [1.807, 2.05) is 12.1 Å². The summed E-state index contributed by atoms with van der Waals surface area (Å²) in [5.41, 5.74) is 5.51. The topological polar surface area (TPSA) is 75.3 Å². The van der Waals surface area contributed by atoms with Crippen LogP contribution < -0.4 is 11.1 Å². The summed E-state index contributed by atoms with van der Waals surface area (Å²) in [5.74, 6) is 0.0680. The molecule has 18 heavy (non-hydrogen) atoms. The van der Waals surface area contributed by atoms with Crippen molar-refractivity contribution in [2.45, 2.75) is 31.2 Å². The lowest BCUT2D eigenvalue weighted by Crippen LogP contribution is -2.47. The number of rotatable bonds is 3. The van der Waals surface area contributed by atoms with Gasteiger partial charge in [-0.15, -0.1) is 11.3 Å². The van der Waals surface area contributed by atoms with Crippen molar-refractivity contribution in [2.75, 3.05) is 11.9 Å². The van der Waals surface area contributed by atoms with E-state index in [9.17, 15) is 9.90 Å². The highest BCUT2D eigenvalue weighted by atomic mass is 79.9. The third-order valence-corrected chi connectivity index (χ3v) is 5.03. The molecule has 1 aliphatic rings. The highest BCUT2D eigenvalue weighted by Crippen LogP contribution is 2.32. The van der Waals surface area contributed by atoms with Crippen LogP contribution in [-0.2, 0) is 4.79 Å². The number of nitrogens with two attached hydrogens (primary N) is 1. The molecule has 0 spiro atoms. The van der Waals surface area contributed by atoms with E-state index in [1.54, 1.807) is 0 Å². The van der Waals surface area contributed by atoms with Gasteiger partial charge >= 0.3 is 0 Å². The van der Waals surface area contributed by atoms with Gasteiger partial charge in [0.25, 0.3) is 0 Å². The molecule has 100 valence electrons. The average molecular weight is 333 g/mol. The fraction of sp³-hybridized carbons (Fsp3) is 0.583. The number of aliphatic hydroxyl groups excluding tert-OH is 1. The predicted octanol–water partition coefficient (Wildman–Crippen LogP) is 2.33. The number of thiophene rings is 1. The third-order valence-electron chi connectivity index (χ3n) is 3.49. The number of nitrogens with one attached hydrogen (secondary N) is 1. The highest BCUT2D eigenvalue weighted by Gasteiger charge is 2.33. The van der Waals surface area contributed by atoms with Gasteiger partial charge in [0.1, 0.15) is 0 Å². The Morgan fingerprint density at radius 1 is 1.56 bits per heavy atom. The number of carbonyl (C=O) groups excluding carboxylic acids is 1. The Morgan fingerprint density at radius 2 is 2.22 bits per heavy atom. The molecule has 1 amide bonds. The van der Waals surface area contributed by atoms with Gasteiger partial charge in [0, 0.05) is 11.5 Å². The number of hydrogen-bond donors (Lipinski definition) is 3. The number of carbonyl (C=O) groups is 1. The van der Waals surface area contributed by atoms with Gasteiger partial charge in [0.05, 0.1) is 15.4 Å². The third kappa shape index (κ3) is 3.32. The second kappa shape index (κ2) is 5.69. The van der Waals surface area contributed by atoms with Crippen LogP contribution in [-0.4, -0.2) is 23.2 Å². The molecule has 1 heterocycles. The molecular weight excluding hydrogens is 316 g/mol. The molecule has 1 fully saturated rings. The summed E-state index contributed by atoms with van der Waals surface area (Å²) in [4.78, 5) is 12.1. The van der Waals surface area contributed by atoms with E-state index < -0.39 is 5.54 Å². The molecular formula is C12H17BrN2O2S. The molecule has 0 aliphatic heterocycles. The lowest BCUT2D eigenvalue weighted by atomic mass is 9.77. The van der Waals surface area contributed by atoms with E-state index in [2.05, 4.69) is 21.2 Å². The zero-order valence-electron chi connectivity index (χ0n) is 9.99. The summed E-state index contributed by atoms with van der Waals surface area (Å²) in [6.07, 6.45) is 2.90. The molecule has 4 nitrogen and oxygen atoms in total. The quantitative estimate of drug-likeness (QED) is 0.795. The van der Waals surface area contributed by atoms with Crippen LogP contribution in [0.4, 0.5) is 5.00 Å². The van der Waals surface area contributed by atoms with Crippen LogP contribution >= 0.6 is 27.3 Å². The number of anilines is 1. The van der Waals surface area contributed by atoms with E-state index in [1.165, 1.54) is 11.3 Å². The van der Waals surface area contributed by atoms with E-state index in [-0.39, 0.29) is 18.4 Å². The minimum atomic E-state index is -0.483. The number of halogens is 1. The first kappa shape index (κ1) is 14.0. The van der Waals surface area contributed by atoms with Crippen LogP contribution in [0.15, 0.2) is 15.9 Å². The number of hydrogen-bond acceptors (Lipinski definition) is 4. The number of amides is 1. The minimum absolute atomic E-state index is 0.000783. The maximum absolute atomic E-state index is 12.1. The van der Waals surface area contributed by atoms with Crippen LogP contribution in [0.3, 0.4) is 0 Å². The lowest BCUT2D eigenvalue weighted by Gasteiger charge is -2.34. The van der Waals surface area contributed by atoms with Crippen molar-refractivity contribution in [3.63, 3.8) is 0 Å². The second-order valence-corrected chi connectivity index (χ2v) is 7.35. The van der Waals surface area contributed by atoms with Gasteiger partial charge in [-0.2, -0.15) is 0 Å². The first-order valence-electron chi connectivity index (χ1n) is 5.98. The van der Waals surface area contributed by atoms with E-state index in [0.717, 1.165) is 21.6 Å². The Morgan fingerprint density at radius 3 is 2.72 bits per heavy atom. The Kier molecular flexibility index (Phi) is 4.42. The smallest absolute Gasteiger partial charge is 0.228 e. The van der Waals surface area contributed by atoms with Gasteiger partial charge in [-0.3, -0.25) is 4.79 Å². The van der Waals surface area contributed by atoms with Crippen molar-refractivity contribution < 1.29 is 9.90 Å². The molecule has 6 heteroatoms. The molecule has 1 saturated carbocycles. The van der Waals surface area contributed by atoms with Crippen LogP contribution in [0, 0.1) is 5.92 Å². The summed E-state index contributed by atoms with van der Waals surface area (Å²) < 4.78 is 1.00. The summed E-state index contributed by atoms with van der Waals surface area (Å²) in [6.45, 7) is -0.000783. The monoisotopic (exact) mass is 332 g/mol. The fourth-order valence-corrected chi connectivity index (χ4v) is 3.51. The van der Waals surface area contributed by atoms with Crippen molar-refractivity contribution in [2.24, 2.45) is 11.7 Å². The van der Waals surface area contributed by atoms with Crippen LogP contribution in [0.25, 0.3) is 0 Å². The van der Waals surface area contributed by atoms with Crippen LogP contribution in [0.5, 0.6) is 0 Å². The Labute approximate surface area is 119 Å². The molecule has 1 aliphatic carbocycles. The first-order valence-corrected chi connectivity index (χ1v) is 7.59. The van der Waals surface area contributed by atoms with Gasteiger partial charge in [0.15, 0.2) is 0 Å². The fourth-order valence-electron chi connectivity index (χ4n) is 2.22. The van der Waals surface area contributed by atoms with Crippen molar-refractivity contribution >= 4 is 38.2 Å². The minimum Gasteiger partial charge on any atom is -0.394 e. The molecule has 0 saturated heterocycles. The Bertz CT molecular complexity index is 427. The molecule has 0 atom stereocenters. The highest BCUT2D eigenvalue weighted by molar-refractivity contribution is 9.11. The molecule has 1 aromatic rings. The van der Waals surface area contributed by atoms with Crippen molar-refractivity contribution in [1.29, 1.82) is 0 Å². The van der Waals surface area contributed by atoms with Gasteiger partial charge in [-0.25, -0.2) is 0 Å². The summed E-state index contributed by atoms with van der Waals surface area (Å²) >= 11 is 4.87. The van der Waals surface area contributed by atoms with Crippen molar-refractivity contribution in [1.82, 2.24) is 0 Å². The SMILES string of the molecule is NC1(CO)CCC(C(=O)Nc2ccc(Br)s2)CC1. The Hall–Kier alpha value is -0.430. The van der Waals surface area contributed by atoms with Crippen molar-refractivity contribution in [3.8, 4) is 0 Å². The van der Waals surface area contributed by atoms with Crippen LogP contribution in [0.2, 0.25) is 0 Å². The molecule has 0 bridgehead atoms. The zero-order valence-corrected chi connectivity index (χ0v) is 12.4. The first-order chi connectivity index (χ1) is 8.52. The van der Waals surface area contributed by atoms with Gasteiger partial charge in [-0.1, -0.05) is 0 Å². The summed E-state index contributed by atoms with van der Waals surface area (Å²) in [5, 5.41) is 13.0. The van der Waals surface area contributed by atoms with E-state index >= 15 is 0 Å². The van der Waals surface area contributed by atoms with Crippen LogP contribution in [0.1, 0.15) is 25.7 Å². The van der Waals surface area contributed by atoms with E-state index in [4.69, 9.17) is 5.73 Å². The normalized spacial score (nSPS) is 28.1.